The topological polar surface area (TPSA) is 34.9 Å². The van der Waals surface area contributed by atoms with Crippen molar-refractivity contribution in [2.45, 2.75) is 6.92 Å². The zero-order chi connectivity index (χ0) is 11.7. The van der Waals surface area contributed by atoms with Gasteiger partial charge in [0.15, 0.2) is 5.78 Å². The molecular weight excluding hydrogens is 268 g/mol. The molecular formula is C12H11BrN2O. The molecule has 0 atom stereocenters. The molecule has 0 amide bonds. The fourth-order valence-electron chi connectivity index (χ4n) is 1.67. The highest BCUT2D eigenvalue weighted by Crippen LogP contribution is 2.25. The molecule has 0 unspecified atom stereocenters. The van der Waals surface area contributed by atoms with Gasteiger partial charge in [-0.1, -0.05) is 28.1 Å². The van der Waals surface area contributed by atoms with Crippen LogP contribution >= 0.6 is 15.9 Å². The van der Waals surface area contributed by atoms with Crippen LogP contribution < -0.4 is 0 Å². The van der Waals surface area contributed by atoms with Crippen molar-refractivity contribution >= 4 is 21.7 Å². The molecule has 82 valence electrons. The molecule has 0 radical (unpaired) electrons. The van der Waals surface area contributed by atoms with Crippen molar-refractivity contribution < 1.29 is 4.79 Å². The summed E-state index contributed by atoms with van der Waals surface area (Å²) >= 11 is 3.42. The van der Waals surface area contributed by atoms with E-state index < -0.39 is 0 Å². The lowest BCUT2D eigenvalue weighted by Gasteiger charge is -2.05. The molecule has 0 aliphatic heterocycles. The number of hydrogen-bond donors (Lipinski definition) is 0. The third-order valence-corrected chi connectivity index (χ3v) is 2.91. The van der Waals surface area contributed by atoms with Gasteiger partial charge in [0, 0.05) is 17.1 Å². The fraction of sp³-hybridized carbons (Fsp3) is 0.167. The van der Waals surface area contributed by atoms with Crippen LogP contribution in [-0.4, -0.2) is 15.6 Å². The van der Waals surface area contributed by atoms with E-state index in [4.69, 9.17) is 0 Å². The van der Waals surface area contributed by atoms with Gasteiger partial charge in [0.05, 0.1) is 17.5 Å². The van der Waals surface area contributed by atoms with Gasteiger partial charge >= 0.3 is 0 Å². The summed E-state index contributed by atoms with van der Waals surface area (Å²) in [6.07, 6.45) is 1.61. The van der Waals surface area contributed by atoms with Crippen molar-refractivity contribution in [3.05, 3.63) is 40.5 Å². The Kier molecular flexibility index (Phi) is 2.92. The number of carbonyl (C=O) groups is 1. The Morgan fingerprint density at radius 1 is 1.44 bits per heavy atom. The van der Waals surface area contributed by atoms with E-state index in [0.717, 1.165) is 15.7 Å². The van der Waals surface area contributed by atoms with Crippen molar-refractivity contribution in [1.82, 2.24) is 9.78 Å². The number of benzene rings is 1. The van der Waals surface area contributed by atoms with Crippen molar-refractivity contribution in [2.75, 3.05) is 0 Å². The van der Waals surface area contributed by atoms with Crippen molar-refractivity contribution in [1.29, 1.82) is 0 Å². The molecule has 0 bridgehead atoms. The second kappa shape index (κ2) is 4.22. The monoisotopic (exact) mass is 278 g/mol. The zero-order valence-corrected chi connectivity index (χ0v) is 10.7. The van der Waals surface area contributed by atoms with Gasteiger partial charge in [-0.05, 0) is 19.1 Å². The van der Waals surface area contributed by atoms with Crippen LogP contribution in [0.15, 0.2) is 34.9 Å². The van der Waals surface area contributed by atoms with E-state index in [1.807, 2.05) is 31.3 Å². The smallest absolute Gasteiger partial charge is 0.163 e. The maximum Gasteiger partial charge on any atom is 0.163 e. The van der Waals surface area contributed by atoms with Crippen LogP contribution in [0.4, 0.5) is 0 Å². The number of rotatable bonds is 2. The van der Waals surface area contributed by atoms with Gasteiger partial charge < -0.3 is 0 Å². The van der Waals surface area contributed by atoms with E-state index in [0.29, 0.717) is 5.56 Å². The number of Topliss-reactive ketones (excluding diaryl/α,β-unsaturated/α-hetero) is 1. The second-order valence-corrected chi connectivity index (χ2v) is 4.51. The number of aromatic nitrogens is 2. The predicted octanol–water partition coefficient (Wildman–Crippen LogP) is 3.05. The highest BCUT2D eigenvalue weighted by atomic mass is 79.9. The Balaban J connectivity index is 2.63. The zero-order valence-electron chi connectivity index (χ0n) is 9.07. The average molecular weight is 279 g/mol. The minimum absolute atomic E-state index is 0.0306. The number of carbonyl (C=O) groups excluding carboxylic acids is 1. The second-order valence-electron chi connectivity index (χ2n) is 3.60. The van der Waals surface area contributed by atoms with E-state index >= 15 is 0 Å². The largest absolute Gasteiger partial charge is 0.294 e. The summed E-state index contributed by atoms with van der Waals surface area (Å²) in [4.78, 5) is 11.5. The maximum atomic E-state index is 11.5. The Hall–Kier alpha value is -1.42. The van der Waals surface area contributed by atoms with Crippen LogP contribution in [0.25, 0.3) is 11.3 Å². The molecule has 1 heterocycles. The van der Waals surface area contributed by atoms with Crippen LogP contribution in [0, 0.1) is 0 Å². The fourth-order valence-corrected chi connectivity index (χ4v) is 2.07. The van der Waals surface area contributed by atoms with Crippen LogP contribution in [0.1, 0.15) is 17.3 Å². The van der Waals surface area contributed by atoms with Gasteiger partial charge in [-0.15, -0.1) is 0 Å². The molecule has 16 heavy (non-hydrogen) atoms. The third-order valence-electron chi connectivity index (χ3n) is 2.42. The summed E-state index contributed by atoms with van der Waals surface area (Å²) in [5, 5.41) is 4.12. The van der Waals surface area contributed by atoms with Crippen molar-refractivity contribution in [3.63, 3.8) is 0 Å². The molecule has 3 nitrogen and oxygen atoms in total. The maximum absolute atomic E-state index is 11.5. The molecule has 1 aromatic carbocycles. The number of hydrogen-bond acceptors (Lipinski definition) is 2. The Morgan fingerprint density at radius 3 is 2.81 bits per heavy atom. The standard InChI is InChI=1S/C12H11BrN2O/c1-8(16)11-7-14-15(2)12(11)9-4-3-5-10(13)6-9/h3-7H,1-2H3. The first kappa shape index (κ1) is 11.1. The molecule has 0 saturated heterocycles. The van der Waals surface area contributed by atoms with Crippen molar-refractivity contribution in [3.8, 4) is 11.3 Å². The lowest BCUT2D eigenvalue weighted by molar-refractivity contribution is 0.101. The Morgan fingerprint density at radius 2 is 2.19 bits per heavy atom. The minimum atomic E-state index is 0.0306. The molecule has 2 aromatic rings. The minimum Gasteiger partial charge on any atom is -0.294 e. The lowest BCUT2D eigenvalue weighted by atomic mass is 10.1. The van der Waals surface area contributed by atoms with E-state index in [2.05, 4.69) is 21.0 Å². The molecule has 0 aliphatic carbocycles. The number of aryl methyl sites for hydroxylation is 1. The molecule has 4 heteroatoms. The highest BCUT2D eigenvalue weighted by molar-refractivity contribution is 9.10. The van der Waals surface area contributed by atoms with Gasteiger partial charge in [0.25, 0.3) is 0 Å². The van der Waals surface area contributed by atoms with Crippen LogP contribution in [0.3, 0.4) is 0 Å². The lowest BCUT2D eigenvalue weighted by Crippen LogP contribution is -1.98. The molecule has 2 rings (SSSR count). The number of halogens is 1. The van der Waals surface area contributed by atoms with Gasteiger partial charge in [-0.25, -0.2) is 0 Å². The van der Waals surface area contributed by atoms with Crippen LogP contribution in [0.5, 0.6) is 0 Å². The number of ketones is 1. The SMILES string of the molecule is CC(=O)c1cnn(C)c1-c1cccc(Br)c1. The van der Waals surface area contributed by atoms with Gasteiger partial charge in [-0.3, -0.25) is 9.48 Å². The summed E-state index contributed by atoms with van der Waals surface area (Å²) in [6.45, 7) is 1.55. The molecule has 0 N–H and O–H groups in total. The Bertz CT molecular complexity index is 546. The molecule has 0 saturated carbocycles. The first-order valence-corrected chi connectivity index (χ1v) is 5.68. The van der Waals surface area contributed by atoms with Gasteiger partial charge in [0.1, 0.15) is 0 Å². The van der Waals surface area contributed by atoms with Gasteiger partial charge in [-0.2, -0.15) is 5.10 Å². The molecule has 0 aliphatic rings. The van der Waals surface area contributed by atoms with E-state index in [9.17, 15) is 4.79 Å². The van der Waals surface area contributed by atoms with Crippen LogP contribution in [-0.2, 0) is 7.05 Å². The number of nitrogens with zero attached hydrogens (tertiary/aromatic N) is 2. The summed E-state index contributed by atoms with van der Waals surface area (Å²) < 4.78 is 2.71. The first-order chi connectivity index (χ1) is 7.59. The molecule has 0 fully saturated rings. The average Bonchev–Trinajstić information content (AvgIpc) is 2.60. The summed E-state index contributed by atoms with van der Waals surface area (Å²) in [7, 11) is 1.84. The summed E-state index contributed by atoms with van der Waals surface area (Å²) in [5.74, 6) is 0.0306. The Labute approximate surface area is 102 Å². The summed E-state index contributed by atoms with van der Waals surface area (Å²) in [5.41, 5.74) is 2.49. The quantitative estimate of drug-likeness (QED) is 0.792. The first-order valence-electron chi connectivity index (χ1n) is 4.88. The highest BCUT2D eigenvalue weighted by Gasteiger charge is 2.14. The predicted molar refractivity (Wildman–Crippen MR) is 66.3 cm³/mol. The normalized spacial score (nSPS) is 10.4. The molecule has 0 spiro atoms. The van der Waals surface area contributed by atoms with Crippen LogP contribution in [0.2, 0.25) is 0 Å². The van der Waals surface area contributed by atoms with E-state index in [1.54, 1.807) is 17.8 Å². The van der Waals surface area contributed by atoms with E-state index in [-0.39, 0.29) is 5.78 Å². The van der Waals surface area contributed by atoms with E-state index in [1.165, 1.54) is 0 Å². The van der Waals surface area contributed by atoms with Crippen molar-refractivity contribution in [2.24, 2.45) is 7.05 Å². The molecule has 1 aromatic heterocycles. The van der Waals surface area contributed by atoms with Gasteiger partial charge in [0.2, 0.25) is 0 Å². The summed E-state index contributed by atoms with van der Waals surface area (Å²) in [6, 6.07) is 7.83. The third kappa shape index (κ3) is 1.93.